The van der Waals surface area contributed by atoms with Gasteiger partial charge in [-0.1, -0.05) is 11.8 Å². The van der Waals surface area contributed by atoms with Gasteiger partial charge in [0.2, 0.25) is 5.88 Å². The van der Waals surface area contributed by atoms with E-state index in [0.29, 0.717) is 28.2 Å². The van der Waals surface area contributed by atoms with Gasteiger partial charge in [-0.25, -0.2) is 9.37 Å². The van der Waals surface area contributed by atoms with Crippen LogP contribution in [0.2, 0.25) is 0 Å². The number of benzene rings is 1. The summed E-state index contributed by atoms with van der Waals surface area (Å²) >= 11 is 1.43. The number of hydrogen-bond acceptors (Lipinski definition) is 5. The molecule has 0 radical (unpaired) electrons. The molecule has 0 bridgehead atoms. The number of nitrogens with zero attached hydrogens (tertiary/aromatic N) is 2. The summed E-state index contributed by atoms with van der Waals surface area (Å²) in [6.07, 6.45) is 1.89. The standard InChI is InChI=1S/C13H14FN3OS/c1-8-6-9(4-5-10(8)14)18-12-7-11(15-2)16-13(17-12)19-3/h4-7H,1-3H3,(H,15,16,17). The molecule has 2 aromatic rings. The molecule has 0 unspecified atom stereocenters. The van der Waals surface area contributed by atoms with Gasteiger partial charge in [-0.2, -0.15) is 4.98 Å². The number of thioether (sulfide) groups is 1. The van der Waals surface area contributed by atoms with Crippen LogP contribution in [-0.4, -0.2) is 23.3 Å². The predicted octanol–water partition coefficient (Wildman–Crippen LogP) is 3.48. The van der Waals surface area contributed by atoms with E-state index in [9.17, 15) is 4.39 Å². The fraction of sp³-hybridized carbons (Fsp3) is 0.231. The number of ether oxygens (including phenoxy) is 1. The monoisotopic (exact) mass is 279 g/mol. The largest absolute Gasteiger partial charge is 0.439 e. The van der Waals surface area contributed by atoms with Gasteiger partial charge in [-0.3, -0.25) is 0 Å². The Balaban J connectivity index is 2.29. The smallest absolute Gasteiger partial charge is 0.225 e. The highest BCUT2D eigenvalue weighted by Crippen LogP contribution is 2.25. The third-order valence-corrected chi connectivity index (χ3v) is 3.02. The van der Waals surface area contributed by atoms with Crippen molar-refractivity contribution in [3.63, 3.8) is 0 Å². The van der Waals surface area contributed by atoms with E-state index < -0.39 is 0 Å². The minimum Gasteiger partial charge on any atom is -0.439 e. The molecule has 0 amide bonds. The van der Waals surface area contributed by atoms with Crippen molar-refractivity contribution >= 4 is 17.6 Å². The summed E-state index contributed by atoms with van der Waals surface area (Å²) in [5.74, 6) is 1.39. The minimum atomic E-state index is -0.254. The number of halogens is 1. The predicted molar refractivity (Wildman–Crippen MR) is 74.6 cm³/mol. The summed E-state index contributed by atoms with van der Waals surface area (Å²) in [5.41, 5.74) is 0.533. The van der Waals surface area contributed by atoms with Gasteiger partial charge in [0.1, 0.15) is 17.4 Å². The van der Waals surface area contributed by atoms with E-state index in [2.05, 4.69) is 15.3 Å². The molecule has 2 rings (SSSR count). The van der Waals surface area contributed by atoms with E-state index in [1.165, 1.54) is 17.8 Å². The Kier molecular flexibility index (Phi) is 4.21. The van der Waals surface area contributed by atoms with Gasteiger partial charge >= 0.3 is 0 Å². The van der Waals surface area contributed by atoms with Crippen LogP contribution in [0.5, 0.6) is 11.6 Å². The number of aromatic nitrogens is 2. The van der Waals surface area contributed by atoms with E-state index in [-0.39, 0.29) is 5.82 Å². The lowest BCUT2D eigenvalue weighted by Crippen LogP contribution is -1.98. The lowest BCUT2D eigenvalue weighted by Gasteiger charge is -2.08. The zero-order valence-corrected chi connectivity index (χ0v) is 11.7. The molecule has 6 heteroatoms. The molecule has 0 aliphatic rings. The first-order valence-corrected chi connectivity index (χ1v) is 6.89. The molecular weight excluding hydrogens is 265 g/mol. The Morgan fingerprint density at radius 1 is 1.26 bits per heavy atom. The van der Waals surface area contributed by atoms with Gasteiger partial charge in [0.15, 0.2) is 5.16 Å². The summed E-state index contributed by atoms with van der Waals surface area (Å²) in [6.45, 7) is 1.69. The Morgan fingerprint density at radius 3 is 2.68 bits per heavy atom. The van der Waals surface area contributed by atoms with Crippen LogP contribution >= 0.6 is 11.8 Å². The Bertz CT molecular complexity index is 570. The molecule has 1 heterocycles. The van der Waals surface area contributed by atoms with Crippen LogP contribution in [-0.2, 0) is 0 Å². The topological polar surface area (TPSA) is 47.0 Å². The van der Waals surface area contributed by atoms with E-state index in [1.807, 2.05) is 6.26 Å². The third kappa shape index (κ3) is 3.35. The maximum absolute atomic E-state index is 13.2. The van der Waals surface area contributed by atoms with Gasteiger partial charge in [-0.05, 0) is 36.9 Å². The highest BCUT2D eigenvalue weighted by molar-refractivity contribution is 7.98. The summed E-state index contributed by atoms with van der Waals surface area (Å²) < 4.78 is 18.8. The van der Waals surface area contributed by atoms with Crippen molar-refractivity contribution in [2.24, 2.45) is 0 Å². The molecular formula is C13H14FN3OS. The van der Waals surface area contributed by atoms with Crippen LogP contribution in [0, 0.1) is 12.7 Å². The van der Waals surface area contributed by atoms with E-state index >= 15 is 0 Å². The lowest BCUT2D eigenvalue weighted by molar-refractivity contribution is 0.454. The molecule has 100 valence electrons. The zero-order chi connectivity index (χ0) is 13.8. The van der Waals surface area contributed by atoms with Gasteiger partial charge in [0.05, 0.1) is 0 Å². The number of anilines is 1. The number of nitrogens with one attached hydrogen (secondary N) is 1. The van der Waals surface area contributed by atoms with Crippen LogP contribution in [0.4, 0.5) is 10.2 Å². The quantitative estimate of drug-likeness (QED) is 0.686. The molecule has 0 aliphatic heterocycles. The van der Waals surface area contributed by atoms with Gasteiger partial charge in [0, 0.05) is 13.1 Å². The summed E-state index contributed by atoms with van der Waals surface area (Å²) in [7, 11) is 1.78. The van der Waals surface area contributed by atoms with Crippen molar-refractivity contribution < 1.29 is 9.13 Å². The van der Waals surface area contributed by atoms with Crippen LogP contribution < -0.4 is 10.1 Å². The molecule has 19 heavy (non-hydrogen) atoms. The average molecular weight is 279 g/mol. The van der Waals surface area contributed by atoms with E-state index in [1.54, 1.807) is 32.2 Å². The second kappa shape index (κ2) is 5.88. The molecule has 0 saturated carbocycles. The second-order valence-electron chi connectivity index (χ2n) is 3.84. The molecule has 0 spiro atoms. The van der Waals surface area contributed by atoms with Crippen molar-refractivity contribution in [2.75, 3.05) is 18.6 Å². The Hall–Kier alpha value is -1.82. The maximum Gasteiger partial charge on any atom is 0.225 e. The van der Waals surface area contributed by atoms with Crippen LogP contribution in [0.25, 0.3) is 0 Å². The highest BCUT2D eigenvalue weighted by atomic mass is 32.2. The average Bonchev–Trinajstić information content (AvgIpc) is 2.42. The normalized spacial score (nSPS) is 10.3. The SMILES string of the molecule is CNc1cc(Oc2ccc(F)c(C)c2)nc(SC)n1. The van der Waals surface area contributed by atoms with Crippen LogP contribution in [0.1, 0.15) is 5.56 Å². The van der Waals surface area contributed by atoms with Crippen molar-refractivity contribution in [3.8, 4) is 11.6 Å². The van der Waals surface area contributed by atoms with Crippen LogP contribution in [0.15, 0.2) is 29.4 Å². The van der Waals surface area contributed by atoms with Gasteiger partial charge in [-0.15, -0.1) is 0 Å². The minimum absolute atomic E-state index is 0.254. The van der Waals surface area contributed by atoms with Gasteiger partial charge in [0.25, 0.3) is 0 Å². The van der Waals surface area contributed by atoms with Crippen LogP contribution in [0.3, 0.4) is 0 Å². The van der Waals surface area contributed by atoms with Gasteiger partial charge < -0.3 is 10.1 Å². The van der Waals surface area contributed by atoms with Crippen molar-refractivity contribution in [1.29, 1.82) is 0 Å². The second-order valence-corrected chi connectivity index (χ2v) is 4.61. The number of hydrogen-bond donors (Lipinski definition) is 1. The third-order valence-electron chi connectivity index (χ3n) is 2.47. The summed E-state index contributed by atoms with van der Waals surface area (Å²) in [6, 6.07) is 6.27. The summed E-state index contributed by atoms with van der Waals surface area (Å²) in [5, 5.41) is 3.56. The number of aryl methyl sites for hydroxylation is 1. The fourth-order valence-electron chi connectivity index (χ4n) is 1.48. The summed E-state index contributed by atoms with van der Waals surface area (Å²) in [4.78, 5) is 8.49. The number of rotatable bonds is 4. The molecule has 0 atom stereocenters. The first-order valence-electron chi connectivity index (χ1n) is 5.67. The first kappa shape index (κ1) is 13.6. The molecule has 1 aromatic heterocycles. The van der Waals surface area contributed by atoms with Crippen molar-refractivity contribution in [3.05, 3.63) is 35.6 Å². The molecule has 4 nitrogen and oxygen atoms in total. The van der Waals surface area contributed by atoms with Crippen molar-refractivity contribution in [1.82, 2.24) is 9.97 Å². The molecule has 0 saturated heterocycles. The lowest BCUT2D eigenvalue weighted by atomic mass is 10.2. The fourth-order valence-corrected chi connectivity index (χ4v) is 1.85. The Morgan fingerprint density at radius 2 is 2.05 bits per heavy atom. The highest BCUT2D eigenvalue weighted by Gasteiger charge is 2.06. The van der Waals surface area contributed by atoms with Crippen molar-refractivity contribution in [2.45, 2.75) is 12.1 Å². The molecule has 0 aliphatic carbocycles. The molecule has 1 N–H and O–H groups in total. The Labute approximate surface area is 115 Å². The van der Waals surface area contributed by atoms with E-state index in [4.69, 9.17) is 4.74 Å². The first-order chi connectivity index (χ1) is 9.12. The molecule has 1 aromatic carbocycles. The van der Waals surface area contributed by atoms with E-state index in [0.717, 1.165) is 0 Å². The molecule has 0 fully saturated rings. The maximum atomic E-state index is 13.2. The zero-order valence-electron chi connectivity index (χ0n) is 10.9.